The van der Waals surface area contributed by atoms with Crippen LogP contribution in [0.4, 0.5) is 0 Å². The first-order valence-electron chi connectivity index (χ1n) is 4.38. The molecule has 2 rings (SSSR count). The number of ether oxygens (including phenoxy) is 1. The van der Waals surface area contributed by atoms with Crippen LogP contribution in [-0.2, 0) is 4.74 Å². The van der Waals surface area contributed by atoms with Crippen LogP contribution in [0.5, 0.6) is 0 Å². The summed E-state index contributed by atoms with van der Waals surface area (Å²) in [5, 5.41) is 2.83. The third kappa shape index (κ3) is 1.72. The van der Waals surface area contributed by atoms with Gasteiger partial charge in [-0.25, -0.2) is 9.98 Å². The average molecular weight is 196 g/mol. The molecule has 0 aliphatic carbocycles. The van der Waals surface area contributed by atoms with E-state index in [0.29, 0.717) is 24.5 Å². The maximum absolute atomic E-state index is 5.47. The Morgan fingerprint density at radius 3 is 3.00 bits per heavy atom. The number of rotatable bonds is 2. The molecule has 0 saturated carbocycles. The summed E-state index contributed by atoms with van der Waals surface area (Å²) in [6.45, 7) is 5.01. The van der Waals surface area contributed by atoms with Crippen LogP contribution < -0.4 is 0 Å². The molecule has 0 N–H and O–H groups in total. The number of aromatic nitrogens is 1. The molecular formula is C9H12N2OS. The van der Waals surface area contributed by atoms with E-state index in [-0.39, 0.29) is 0 Å². The van der Waals surface area contributed by atoms with Gasteiger partial charge in [0, 0.05) is 11.6 Å². The van der Waals surface area contributed by atoms with Crippen LogP contribution >= 0.6 is 11.3 Å². The molecule has 0 radical (unpaired) electrons. The van der Waals surface area contributed by atoms with E-state index in [9.17, 15) is 0 Å². The lowest BCUT2D eigenvalue weighted by Crippen LogP contribution is -2.13. The van der Waals surface area contributed by atoms with E-state index in [1.165, 1.54) is 0 Å². The highest BCUT2D eigenvalue weighted by Crippen LogP contribution is 2.18. The summed E-state index contributed by atoms with van der Waals surface area (Å²) in [5.74, 6) is 1.26. The fraction of sp³-hybridized carbons (Fsp3) is 0.556. The smallest absolute Gasteiger partial charge is 0.246 e. The summed E-state index contributed by atoms with van der Waals surface area (Å²) >= 11 is 1.57. The highest BCUT2D eigenvalue weighted by molar-refractivity contribution is 7.11. The summed E-state index contributed by atoms with van der Waals surface area (Å²) in [7, 11) is 0. The van der Waals surface area contributed by atoms with Crippen molar-refractivity contribution in [3.63, 3.8) is 0 Å². The fourth-order valence-electron chi connectivity index (χ4n) is 1.18. The van der Waals surface area contributed by atoms with Crippen molar-refractivity contribution in [1.82, 2.24) is 4.98 Å². The third-order valence-corrected chi connectivity index (χ3v) is 2.82. The van der Waals surface area contributed by atoms with Gasteiger partial charge < -0.3 is 4.74 Å². The first-order valence-corrected chi connectivity index (χ1v) is 5.26. The number of hydrogen-bond donors (Lipinski definition) is 0. The van der Waals surface area contributed by atoms with Crippen molar-refractivity contribution in [2.45, 2.75) is 19.9 Å². The quantitative estimate of drug-likeness (QED) is 0.724. The number of hydrogen-bond acceptors (Lipinski definition) is 4. The summed E-state index contributed by atoms with van der Waals surface area (Å²) in [4.78, 5) is 8.63. The Labute approximate surface area is 81.5 Å². The van der Waals surface area contributed by atoms with Gasteiger partial charge in [0.2, 0.25) is 5.90 Å². The Bertz CT molecular complexity index is 305. The first kappa shape index (κ1) is 8.69. The minimum atomic E-state index is 0.305. The molecule has 0 fully saturated rings. The van der Waals surface area contributed by atoms with Crippen LogP contribution in [0, 0.1) is 5.92 Å². The van der Waals surface area contributed by atoms with Gasteiger partial charge in [-0.2, -0.15) is 0 Å². The molecule has 1 atom stereocenters. The molecule has 0 amide bonds. The van der Waals surface area contributed by atoms with Gasteiger partial charge in [0.25, 0.3) is 0 Å². The molecular weight excluding hydrogens is 184 g/mol. The van der Waals surface area contributed by atoms with E-state index >= 15 is 0 Å². The second-order valence-corrected chi connectivity index (χ2v) is 4.29. The molecule has 13 heavy (non-hydrogen) atoms. The molecule has 0 saturated heterocycles. The molecule has 0 bridgehead atoms. The van der Waals surface area contributed by atoms with Crippen molar-refractivity contribution < 1.29 is 4.74 Å². The molecule has 1 aromatic heterocycles. The van der Waals surface area contributed by atoms with Crippen LogP contribution in [0.2, 0.25) is 0 Å². The average Bonchev–Trinajstić information content (AvgIpc) is 2.75. The van der Waals surface area contributed by atoms with Crippen molar-refractivity contribution >= 4 is 17.2 Å². The highest BCUT2D eigenvalue weighted by atomic mass is 32.1. The van der Waals surface area contributed by atoms with Crippen LogP contribution in [0.3, 0.4) is 0 Å². The van der Waals surface area contributed by atoms with Gasteiger partial charge in [-0.1, -0.05) is 13.8 Å². The molecule has 70 valence electrons. The van der Waals surface area contributed by atoms with Gasteiger partial charge in [0.1, 0.15) is 6.61 Å². The zero-order valence-corrected chi connectivity index (χ0v) is 8.54. The van der Waals surface area contributed by atoms with Crippen molar-refractivity contribution in [2.75, 3.05) is 6.61 Å². The van der Waals surface area contributed by atoms with E-state index in [2.05, 4.69) is 23.8 Å². The van der Waals surface area contributed by atoms with Crippen LogP contribution in [0.15, 0.2) is 16.6 Å². The van der Waals surface area contributed by atoms with Gasteiger partial charge in [-0.05, 0) is 5.92 Å². The Kier molecular flexibility index (Phi) is 2.31. The summed E-state index contributed by atoms with van der Waals surface area (Å²) in [6.07, 6.45) is 1.77. The summed E-state index contributed by atoms with van der Waals surface area (Å²) < 4.78 is 5.47. The van der Waals surface area contributed by atoms with Crippen molar-refractivity contribution in [3.8, 4) is 0 Å². The van der Waals surface area contributed by atoms with E-state index in [0.717, 1.165) is 5.01 Å². The fourth-order valence-corrected chi connectivity index (χ4v) is 1.76. The third-order valence-electron chi connectivity index (χ3n) is 2.06. The molecule has 1 aliphatic heterocycles. The Morgan fingerprint density at radius 1 is 1.62 bits per heavy atom. The molecule has 1 unspecified atom stereocenters. The normalized spacial score (nSPS) is 21.8. The second-order valence-electron chi connectivity index (χ2n) is 3.39. The Balaban J connectivity index is 2.15. The van der Waals surface area contributed by atoms with Crippen LogP contribution in [-0.4, -0.2) is 23.5 Å². The number of nitrogens with zero attached hydrogens (tertiary/aromatic N) is 2. The molecule has 4 heteroatoms. The lowest BCUT2D eigenvalue weighted by molar-refractivity contribution is 0.292. The Morgan fingerprint density at radius 2 is 2.46 bits per heavy atom. The predicted molar refractivity (Wildman–Crippen MR) is 53.2 cm³/mol. The van der Waals surface area contributed by atoms with Gasteiger partial charge in [-0.15, -0.1) is 11.3 Å². The van der Waals surface area contributed by atoms with Crippen LogP contribution in [0.1, 0.15) is 18.9 Å². The highest BCUT2D eigenvalue weighted by Gasteiger charge is 2.23. The molecule has 0 spiro atoms. The van der Waals surface area contributed by atoms with Crippen molar-refractivity contribution in [2.24, 2.45) is 10.9 Å². The van der Waals surface area contributed by atoms with Gasteiger partial charge in [0.05, 0.1) is 6.04 Å². The molecule has 3 nitrogen and oxygen atoms in total. The van der Waals surface area contributed by atoms with Crippen molar-refractivity contribution in [1.29, 1.82) is 0 Å². The standard InChI is InChI=1S/C9H12N2OS/c1-6(2)7-5-12-8(11-7)9-10-3-4-13-9/h3-4,6-7H,5H2,1-2H3. The zero-order chi connectivity index (χ0) is 9.26. The van der Waals surface area contributed by atoms with Gasteiger partial charge in [0.15, 0.2) is 5.01 Å². The Hall–Kier alpha value is -0.900. The lowest BCUT2D eigenvalue weighted by Gasteiger charge is -2.06. The summed E-state index contributed by atoms with van der Waals surface area (Å²) in [5.41, 5.74) is 0. The van der Waals surface area contributed by atoms with Gasteiger partial charge >= 0.3 is 0 Å². The van der Waals surface area contributed by atoms with Gasteiger partial charge in [-0.3, -0.25) is 0 Å². The predicted octanol–water partition coefficient (Wildman–Crippen LogP) is 1.94. The second kappa shape index (κ2) is 3.46. The van der Waals surface area contributed by atoms with E-state index in [4.69, 9.17) is 4.74 Å². The number of thiazole rings is 1. The van der Waals surface area contributed by atoms with E-state index in [1.54, 1.807) is 17.5 Å². The largest absolute Gasteiger partial charge is 0.473 e. The first-order chi connectivity index (χ1) is 6.27. The zero-order valence-electron chi connectivity index (χ0n) is 7.73. The maximum Gasteiger partial charge on any atom is 0.246 e. The minimum Gasteiger partial charge on any atom is -0.473 e. The summed E-state index contributed by atoms with van der Waals surface area (Å²) in [6, 6.07) is 0.305. The molecule has 0 aromatic carbocycles. The minimum absolute atomic E-state index is 0.305. The van der Waals surface area contributed by atoms with Crippen molar-refractivity contribution in [3.05, 3.63) is 16.6 Å². The lowest BCUT2D eigenvalue weighted by atomic mass is 10.1. The molecule has 2 heterocycles. The van der Waals surface area contributed by atoms with Crippen LogP contribution in [0.25, 0.3) is 0 Å². The topological polar surface area (TPSA) is 34.5 Å². The number of aliphatic imine (C=N–C) groups is 1. The van der Waals surface area contributed by atoms with E-state index < -0.39 is 0 Å². The SMILES string of the molecule is CC(C)C1COC(c2nccs2)=N1. The maximum atomic E-state index is 5.47. The monoisotopic (exact) mass is 196 g/mol. The molecule has 1 aromatic rings. The van der Waals surface area contributed by atoms with E-state index in [1.807, 2.05) is 5.38 Å². The molecule has 1 aliphatic rings.